The summed E-state index contributed by atoms with van der Waals surface area (Å²) in [6, 6.07) is 11.3. The van der Waals surface area contributed by atoms with Crippen molar-refractivity contribution in [1.82, 2.24) is 15.0 Å². The summed E-state index contributed by atoms with van der Waals surface area (Å²) in [7, 11) is -3.51. The largest absolute Gasteiger partial charge is 0.308 e. The summed E-state index contributed by atoms with van der Waals surface area (Å²) in [5, 5.41) is 3.36. The lowest BCUT2D eigenvalue weighted by Gasteiger charge is -2.27. The van der Waals surface area contributed by atoms with Crippen LogP contribution in [-0.2, 0) is 16.4 Å². The first-order valence-electron chi connectivity index (χ1n) is 6.88. The molecule has 22 heavy (non-hydrogen) atoms. The molecule has 1 atom stereocenters. The third-order valence-corrected chi connectivity index (χ3v) is 5.05. The van der Waals surface area contributed by atoms with Gasteiger partial charge in [-0.1, -0.05) is 24.3 Å². The molecule has 2 aromatic rings. The molecule has 1 aliphatic heterocycles. The highest BCUT2D eigenvalue weighted by atomic mass is 35.5. The highest BCUT2D eigenvalue weighted by molar-refractivity contribution is 7.89. The lowest BCUT2D eigenvalue weighted by molar-refractivity contribution is 0.491. The van der Waals surface area contributed by atoms with Crippen molar-refractivity contribution in [2.45, 2.75) is 17.4 Å². The van der Waals surface area contributed by atoms with Crippen molar-refractivity contribution in [1.29, 1.82) is 0 Å². The van der Waals surface area contributed by atoms with Gasteiger partial charge in [-0.2, -0.15) is 0 Å². The van der Waals surface area contributed by atoms with Crippen molar-refractivity contribution in [3.05, 3.63) is 59.9 Å². The van der Waals surface area contributed by atoms with Crippen LogP contribution in [0.1, 0.15) is 17.2 Å². The minimum atomic E-state index is -3.51. The van der Waals surface area contributed by atoms with Crippen molar-refractivity contribution in [3.63, 3.8) is 0 Å². The van der Waals surface area contributed by atoms with Crippen molar-refractivity contribution >= 4 is 22.4 Å². The fraction of sp³-hybridized carbons (Fsp3) is 0.267. The smallest absolute Gasteiger partial charge is 0.242 e. The van der Waals surface area contributed by atoms with Gasteiger partial charge < -0.3 is 5.32 Å². The molecule has 3 rings (SSSR count). The molecule has 0 bridgehead atoms. The Hall–Kier alpha value is -1.47. The van der Waals surface area contributed by atoms with Crippen LogP contribution >= 0.6 is 12.4 Å². The van der Waals surface area contributed by atoms with Gasteiger partial charge in [-0.3, -0.25) is 4.98 Å². The van der Waals surface area contributed by atoms with Gasteiger partial charge >= 0.3 is 0 Å². The van der Waals surface area contributed by atoms with E-state index in [0.29, 0.717) is 6.54 Å². The minimum absolute atomic E-state index is 0. The summed E-state index contributed by atoms with van der Waals surface area (Å²) in [4.78, 5) is 4.04. The van der Waals surface area contributed by atoms with Crippen LogP contribution in [0.15, 0.2) is 53.7 Å². The van der Waals surface area contributed by atoms with Gasteiger partial charge in [-0.15, -0.1) is 12.4 Å². The standard InChI is InChI=1S/C15H17N3O2S.ClH/c19-21(20,13-5-3-8-16-10-13)18-11-15-14-6-2-1-4-12(14)7-9-17-15;/h1-6,8,10,15,17-18H,7,9,11H2;1H. The number of halogens is 1. The number of sulfonamides is 1. The van der Waals surface area contributed by atoms with E-state index in [-0.39, 0.29) is 23.3 Å². The van der Waals surface area contributed by atoms with Gasteiger partial charge in [-0.25, -0.2) is 13.1 Å². The Kier molecular flexibility index (Phi) is 5.52. The summed E-state index contributed by atoms with van der Waals surface area (Å²) < 4.78 is 27.1. The molecule has 0 aliphatic carbocycles. The highest BCUT2D eigenvalue weighted by Crippen LogP contribution is 2.22. The number of pyridine rings is 1. The van der Waals surface area contributed by atoms with E-state index in [9.17, 15) is 8.42 Å². The van der Waals surface area contributed by atoms with E-state index in [4.69, 9.17) is 0 Å². The van der Waals surface area contributed by atoms with Crippen LogP contribution in [0.25, 0.3) is 0 Å². The molecule has 0 amide bonds. The number of fused-ring (bicyclic) bond motifs is 1. The van der Waals surface area contributed by atoms with Crippen molar-refractivity contribution in [2.24, 2.45) is 0 Å². The molecule has 1 unspecified atom stereocenters. The lowest BCUT2D eigenvalue weighted by Crippen LogP contribution is -2.38. The molecule has 1 aromatic heterocycles. The maximum atomic E-state index is 12.2. The average Bonchev–Trinajstić information content (AvgIpc) is 2.54. The molecule has 5 nitrogen and oxygen atoms in total. The van der Waals surface area contributed by atoms with Crippen LogP contribution in [0.2, 0.25) is 0 Å². The zero-order chi connectivity index (χ0) is 14.7. The Balaban J connectivity index is 0.00000176. The summed E-state index contributed by atoms with van der Waals surface area (Å²) in [6.07, 6.45) is 3.88. The molecule has 7 heteroatoms. The molecule has 1 aliphatic rings. The second kappa shape index (κ2) is 7.19. The zero-order valence-corrected chi connectivity index (χ0v) is 13.5. The number of aromatic nitrogens is 1. The number of benzene rings is 1. The van der Waals surface area contributed by atoms with E-state index in [2.05, 4.69) is 21.1 Å². The molecular formula is C15H18ClN3O2S. The minimum Gasteiger partial charge on any atom is -0.308 e. The van der Waals surface area contributed by atoms with Crippen LogP contribution in [0.5, 0.6) is 0 Å². The van der Waals surface area contributed by atoms with E-state index in [1.807, 2.05) is 18.2 Å². The van der Waals surface area contributed by atoms with E-state index in [1.54, 1.807) is 12.3 Å². The first-order chi connectivity index (χ1) is 10.2. The molecule has 1 aromatic carbocycles. The third-order valence-electron chi connectivity index (χ3n) is 3.64. The number of rotatable bonds is 4. The predicted octanol–water partition coefficient (Wildman–Crippen LogP) is 1.67. The van der Waals surface area contributed by atoms with Crippen LogP contribution in [0.3, 0.4) is 0 Å². The van der Waals surface area contributed by atoms with Crippen LogP contribution in [-0.4, -0.2) is 26.5 Å². The van der Waals surface area contributed by atoms with Crippen LogP contribution in [0, 0.1) is 0 Å². The van der Waals surface area contributed by atoms with Gasteiger partial charge in [0.1, 0.15) is 4.90 Å². The fourth-order valence-corrected chi connectivity index (χ4v) is 3.57. The highest BCUT2D eigenvalue weighted by Gasteiger charge is 2.22. The Morgan fingerprint density at radius 3 is 2.82 bits per heavy atom. The first kappa shape index (κ1) is 16.9. The molecule has 0 spiro atoms. The molecule has 0 saturated heterocycles. The van der Waals surface area contributed by atoms with E-state index >= 15 is 0 Å². The van der Waals surface area contributed by atoms with Gasteiger partial charge in [0.15, 0.2) is 0 Å². The Morgan fingerprint density at radius 1 is 1.23 bits per heavy atom. The predicted molar refractivity (Wildman–Crippen MR) is 87.6 cm³/mol. The monoisotopic (exact) mass is 339 g/mol. The topological polar surface area (TPSA) is 71.1 Å². The van der Waals surface area contributed by atoms with Gasteiger partial charge in [0, 0.05) is 25.0 Å². The Morgan fingerprint density at radius 2 is 2.05 bits per heavy atom. The zero-order valence-electron chi connectivity index (χ0n) is 11.9. The third kappa shape index (κ3) is 3.64. The number of hydrogen-bond donors (Lipinski definition) is 2. The molecule has 2 N–H and O–H groups in total. The Labute approximate surface area is 136 Å². The molecule has 0 radical (unpaired) electrons. The van der Waals surface area contributed by atoms with Crippen molar-refractivity contribution in [3.8, 4) is 0 Å². The summed E-state index contributed by atoms with van der Waals surface area (Å²) in [5.74, 6) is 0. The SMILES string of the molecule is Cl.O=S(=O)(NCC1NCCc2ccccc21)c1cccnc1. The second-order valence-corrected chi connectivity index (χ2v) is 6.76. The number of hydrogen-bond acceptors (Lipinski definition) is 4. The summed E-state index contributed by atoms with van der Waals surface area (Å²) >= 11 is 0. The maximum absolute atomic E-state index is 12.2. The fourth-order valence-electron chi connectivity index (χ4n) is 2.56. The molecule has 2 heterocycles. The van der Waals surface area contributed by atoms with Crippen molar-refractivity contribution < 1.29 is 8.42 Å². The normalized spacial score (nSPS) is 17.4. The van der Waals surface area contributed by atoms with Gasteiger partial charge in [0.25, 0.3) is 0 Å². The Bertz CT molecular complexity index is 723. The van der Waals surface area contributed by atoms with Gasteiger partial charge in [-0.05, 0) is 36.2 Å². The molecular weight excluding hydrogens is 322 g/mol. The van der Waals surface area contributed by atoms with E-state index in [0.717, 1.165) is 18.5 Å². The van der Waals surface area contributed by atoms with E-state index in [1.165, 1.54) is 17.8 Å². The van der Waals surface area contributed by atoms with Crippen LogP contribution < -0.4 is 10.0 Å². The quantitative estimate of drug-likeness (QED) is 0.889. The molecule has 0 saturated carbocycles. The van der Waals surface area contributed by atoms with Gasteiger partial charge in [0.2, 0.25) is 10.0 Å². The van der Waals surface area contributed by atoms with Crippen LogP contribution in [0.4, 0.5) is 0 Å². The summed E-state index contributed by atoms with van der Waals surface area (Å²) in [5.41, 5.74) is 2.44. The molecule has 118 valence electrons. The second-order valence-electron chi connectivity index (χ2n) is 5.00. The molecule has 0 fully saturated rings. The maximum Gasteiger partial charge on any atom is 0.242 e. The lowest BCUT2D eigenvalue weighted by atomic mass is 9.95. The summed E-state index contributed by atoms with van der Waals surface area (Å²) in [6.45, 7) is 1.19. The van der Waals surface area contributed by atoms with Crippen molar-refractivity contribution in [2.75, 3.05) is 13.1 Å². The number of nitrogens with one attached hydrogen (secondary N) is 2. The van der Waals surface area contributed by atoms with Gasteiger partial charge in [0.05, 0.1) is 0 Å². The average molecular weight is 340 g/mol. The van der Waals surface area contributed by atoms with E-state index < -0.39 is 10.0 Å². The number of nitrogens with zero attached hydrogens (tertiary/aromatic N) is 1. The first-order valence-corrected chi connectivity index (χ1v) is 8.36.